The molecule has 5 rings (SSSR count). The van der Waals surface area contributed by atoms with Crippen molar-refractivity contribution in [3.05, 3.63) is 47.2 Å². The molecular weight excluding hydrogens is 376 g/mol. The molecule has 2 aromatic heterocycles. The molecule has 6 heteroatoms. The van der Waals surface area contributed by atoms with Crippen molar-refractivity contribution < 1.29 is 9.53 Å². The number of fused-ring (bicyclic) bond motifs is 2. The highest BCUT2D eigenvalue weighted by atomic mass is 16.5. The van der Waals surface area contributed by atoms with Crippen molar-refractivity contribution in [2.24, 2.45) is 5.92 Å². The molecule has 0 amide bonds. The zero-order valence-electron chi connectivity index (χ0n) is 17.7. The van der Waals surface area contributed by atoms with Crippen LogP contribution in [0.25, 0.3) is 16.9 Å². The first-order valence-electron chi connectivity index (χ1n) is 11.0. The van der Waals surface area contributed by atoms with Gasteiger partial charge in [0.25, 0.3) is 0 Å². The number of piperidine rings is 1. The van der Waals surface area contributed by atoms with E-state index in [-0.39, 0.29) is 11.9 Å². The van der Waals surface area contributed by atoms with Gasteiger partial charge < -0.3 is 9.64 Å². The number of benzene rings is 1. The topological polar surface area (TPSA) is 59.7 Å². The van der Waals surface area contributed by atoms with E-state index >= 15 is 0 Å². The third kappa shape index (κ3) is 3.34. The Hall–Kier alpha value is -2.89. The van der Waals surface area contributed by atoms with Crippen LogP contribution in [-0.2, 0) is 22.4 Å². The lowest BCUT2D eigenvalue weighted by atomic mass is 9.97. The number of esters is 1. The van der Waals surface area contributed by atoms with Gasteiger partial charge in [0, 0.05) is 36.0 Å². The van der Waals surface area contributed by atoms with E-state index in [1.165, 1.54) is 16.8 Å². The molecule has 0 saturated carbocycles. The lowest BCUT2D eigenvalue weighted by Crippen LogP contribution is -2.41. The number of aryl methyl sites for hydroxylation is 2. The molecule has 0 bridgehead atoms. The monoisotopic (exact) mass is 404 g/mol. The molecule has 6 nitrogen and oxygen atoms in total. The molecular formula is C24H28N4O2. The highest BCUT2D eigenvalue weighted by molar-refractivity contribution is 5.74. The third-order valence-corrected chi connectivity index (χ3v) is 6.29. The predicted molar refractivity (Wildman–Crippen MR) is 117 cm³/mol. The maximum atomic E-state index is 12.4. The fourth-order valence-corrected chi connectivity index (χ4v) is 4.78. The van der Waals surface area contributed by atoms with E-state index < -0.39 is 0 Å². The maximum absolute atomic E-state index is 12.4. The van der Waals surface area contributed by atoms with E-state index in [1.807, 2.05) is 11.4 Å². The number of carbonyl (C=O) groups excluding carboxylic acids is 1. The Morgan fingerprint density at radius 3 is 2.83 bits per heavy atom. The molecule has 1 aliphatic carbocycles. The van der Waals surface area contributed by atoms with Gasteiger partial charge in [0.2, 0.25) is 0 Å². The van der Waals surface area contributed by atoms with Gasteiger partial charge in [-0.25, -0.2) is 4.98 Å². The van der Waals surface area contributed by atoms with Crippen LogP contribution in [0.1, 0.15) is 43.0 Å². The number of hydrogen-bond acceptors (Lipinski definition) is 5. The van der Waals surface area contributed by atoms with Gasteiger partial charge in [-0.3, -0.25) is 4.79 Å². The summed E-state index contributed by atoms with van der Waals surface area (Å²) < 4.78 is 7.32. The minimum absolute atomic E-state index is 0.0777. The van der Waals surface area contributed by atoms with E-state index in [4.69, 9.17) is 14.8 Å². The summed E-state index contributed by atoms with van der Waals surface area (Å²) in [4.78, 5) is 19.7. The SMILES string of the molecule is CCOC(=O)[C@@H]1CCCN(c2c3c(nc4cc(-c5ccc(C)cc5)nn24)CCC3)C1. The summed E-state index contributed by atoms with van der Waals surface area (Å²) in [6.45, 7) is 6.01. The van der Waals surface area contributed by atoms with Gasteiger partial charge in [-0.15, -0.1) is 0 Å². The molecule has 156 valence electrons. The first-order valence-corrected chi connectivity index (χ1v) is 11.0. The maximum Gasteiger partial charge on any atom is 0.310 e. The summed E-state index contributed by atoms with van der Waals surface area (Å²) in [6, 6.07) is 10.5. The van der Waals surface area contributed by atoms with E-state index in [9.17, 15) is 4.79 Å². The van der Waals surface area contributed by atoms with Crippen LogP contribution < -0.4 is 4.90 Å². The van der Waals surface area contributed by atoms with Crippen molar-refractivity contribution in [3.63, 3.8) is 0 Å². The van der Waals surface area contributed by atoms with Crippen LogP contribution in [0.4, 0.5) is 5.82 Å². The van der Waals surface area contributed by atoms with Crippen LogP contribution >= 0.6 is 0 Å². The second-order valence-corrected chi connectivity index (χ2v) is 8.42. The fraction of sp³-hybridized carbons (Fsp3) is 0.458. The molecule has 1 fully saturated rings. The first-order chi connectivity index (χ1) is 14.6. The summed E-state index contributed by atoms with van der Waals surface area (Å²) in [5, 5.41) is 4.97. The highest BCUT2D eigenvalue weighted by Gasteiger charge is 2.31. The van der Waals surface area contributed by atoms with Crippen molar-refractivity contribution in [2.75, 3.05) is 24.6 Å². The van der Waals surface area contributed by atoms with Gasteiger partial charge in [0.15, 0.2) is 5.65 Å². The standard InChI is InChI=1S/C24H28N4O2/c1-3-30-24(29)18-6-5-13-27(15-18)23-19-7-4-8-20(19)25-22-14-21(26-28(22)23)17-11-9-16(2)10-12-17/h9-12,14,18H,3-8,13,15H2,1-2H3/t18-/m1/s1. The van der Waals surface area contributed by atoms with E-state index in [1.54, 1.807) is 0 Å². The van der Waals surface area contributed by atoms with Crippen molar-refractivity contribution in [2.45, 2.75) is 46.0 Å². The van der Waals surface area contributed by atoms with Crippen molar-refractivity contribution in [1.29, 1.82) is 0 Å². The molecule has 0 radical (unpaired) electrons. The lowest BCUT2D eigenvalue weighted by molar-refractivity contribution is -0.148. The largest absolute Gasteiger partial charge is 0.466 e. The molecule has 1 saturated heterocycles. The number of hydrogen-bond donors (Lipinski definition) is 0. The quantitative estimate of drug-likeness (QED) is 0.616. The van der Waals surface area contributed by atoms with Crippen LogP contribution in [0.3, 0.4) is 0 Å². The second-order valence-electron chi connectivity index (χ2n) is 8.42. The minimum Gasteiger partial charge on any atom is -0.466 e. The van der Waals surface area contributed by atoms with Gasteiger partial charge in [0.05, 0.1) is 18.2 Å². The summed E-state index contributed by atoms with van der Waals surface area (Å²) >= 11 is 0. The minimum atomic E-state index is -0.0787. The Kier molecular flexibility index (Phi) is 4.93. The smallest absolute Gasteiger partial charge is 0.310 e. The van der Waals surface area contributed by atoms with Crippen LogP contribution in [0.15, 0.2) is 30.3 Å². The number of rotatable bonds is 4. The first kappa shape index (κ1) is 19.1. The number of carbonyl (C=O) groups is 1. The summed E-state index contributed by atoms with van der Waals surface area (Å²) in [7, 11) is 0. The van der Waals surface area contributed by atoms with Crippen LogP contribution in [0.5, 0.6) is 0 Å². The normalized spacial score (nSPS) is 18.6. The Morgan fingerprint density at radius 2 is 2.03 bits per heavy atom. The van der Waals surface area contributed by atoms with Gasteiger partial charge in [-0.2, -0.15) is 9.61 Å². The van der Waals surface area contributed by atoms with Crippen molar-refractivity contribution in [3.8, 4) is 11.3 Å². The Balaban J connectivity index is 1.58. The fourth-order valence-electron chi connectivity index (χ4n) is 4.78. The number of aromatic nitrogens is 3. The second kappa shape index (κ2) is 7.74. The summed E-state index contributed by atoms with van der Waals surface area (Å²) in [5.74, 6) is 0.968. The number of ether oxygens (including phenoxy) is 1. The van der Waals surface area contributed by atoms with Crippen LogP contribution in [0.2, 0.25) is 0 Å². The van der Waals surface area contributed by atoms with E-state index in [0.717, 1.165) is 61.4 Å². The number of nitrogens with zero attached hydrogens (tertiary/aromatic N) is 4. The Morgan fingerprint density at radius 1 is 1.20 bits per heavy atom. The van der Waals surface area contributed by atoms with E-state index in [0.29, 0.717) is 13.2 Å². The lowest BCUT2D eigenvalue weighted by Gasteiger charge is -2.34. The van der Waals surface area contributed by atoms with Crippen LogP contribution in [0, 0.1) is 12.8 Å². The van der Waals surface area contributed by atoms with Gasteiger partial charge in [0.1, 0.15) is 5.82 Å². The van der Waals surface area contributed by atoms with Crippen LogP contribution in [-0.4, -0.2) is 40.3 Å². The van der Waals surface area contributed by atoms with Gasteiger partial charge in [-0.1, -0.05) is 29.8 Å². The van der Waals surface area contributed by atoms with Gasteiger partial charge >= 0.3 is 5.97 Å². The molecule has 3 aromatic rings. The van der Waals surface area contributed by atoms with E-state index in [2.05, 4.69) is 42.2 Å². The third-order valence-electron chi connectivity index (χ3n) is 6.29. The average Bonchev–Trinajstić information content (AvgIpc) is 3.39. The Labute approximate surface area is 176 Å². The van der Waals surface area contributed by atoms with Crippen molar-refractivity contribution in [1.82, 2.24) is 14.6 Å². The Bertz CT molecular complexity index is 1090. The summed E-state index contributed by atoms with van der Waals surface area (Å²) in [5.41, 5.74) is 6.64. The predicted octanol–water partition coefficient (Wildman–Crippen LogP) is 3.97. The highest BCUT2D eigenvalue weighted by Crippen LogP contribution is 2.35. The molecule has 2 aliphatic rings. The number of anilines is 1. The molecule has 3 heterocycles. The zero-order chi connectivity index (χ0) is 20.7. The molecule has 0 spiro atoms. The van der Waals surface area contributed by atoms with Gasteiger partial charge in [-0.05, 0) is 46.0 Å². The molecule has 0 N–H and O–H groups in total. The zero-order valence-corrected chi connectivity index (χ0v) is 17.7. The summed E-state index contributed by atoms with van der Waals surface area (Å²) in [6.07, 6.45) is 5.03. The molecule has 30 heavy (non-hydrogen) atoms. The van der Waals surface area contributed by atoms with Crippen molar-refractivity contribution >= 4 is 17.4 Å². The molecule has 1 aliphatic heterocycles. The molecule has 1 atom stereocenters. The molecule has 1 aromatic carbocycles. The molecule has 0 unspecified atom stereocenters. The average molecular weight is 405 g/mol.